The third kappa shape index (κ3) is 5.76. The summed E-state index contributed by atoms with van der Waals surface area (Å²) in [5.74, 6) is 0.567. The number of carbonyl (C=O) groups is 2. The summed E-state index contributed by atoms with van der Waals surface area (Å²) >= 11 is 6.94. The zero-order valence-electron chi connectivity index (χ0n) is 21.7. The van der Waals surface area contributed by atoms with Crippen LogP contribution in [0.25, 0.3) is 17.0 Å². The van der Waals surface area contributed by atoms with Crippen molar-refractivity contribution in [2.24, 2.45) is 5.92 Å². The van der Waals surface area contributed by atoms with Crippen molar-refractivity contribution < 1.29 is 14.3 Å². The summed E-state index contributed by atoms with van der Waals surface area (Å²) in [4.78, 5) is 35.2. The average molecular weight is 546 g/mol. The molecule has 196 valence electrons. The molecule has 2 fully saturated rings. The lowest BCUT2D eigenvalue weighted by molar-refractivity contribution is -0.148. The Kier molecular flexibility index (Phi) is 8.09. The molecular weight excluding hydrogens is 514 g/mol. The Morgan fingerprint density at radius 2 is 1.92 bits per heavy atom. The number of piperidine rings is 1. The van der Waals surface area contributed by atoms with Gasteiger partial charge in [-0.15, -0.1) is 0 Å². The first-order chi connectivity index (χ1) is 18.4. The van der Waals surface area contributed by atoms with Gasteiger partial charge in [0, 0.05) is 30.6 Å². The third-order valence-electron chi connectivity index (χ3n) is 7.02. The highest BCUT2D eigenvalue weighted by molar-refractivity contribution is 8.26. The van der Waals surface area contributed by atoms with Crippen LogP contribution in [0.4, 0.5) is 5.82 Å². The second-order valence-corrected chi connectivity index (χ2v) is 11.4. The molecule has 3 heterocycles. The third-order valence-corrected chi connectivity index (χ3v) is 8.40. The van der Waals surface area contributed by atoms with E-state index in [-0.39, 0.29) is 17.8 Å². The fourth-order valence-electron chi connectivity index (χ4n) is 4.97. The van der Waals surface area contributed by atoms with Crippen LogP contribution in [0.1, 0.15) is 36.5 Å². The fourth-order valence-corrected chi connectivity index (χ4v) is 6.27. The Morgan fingerprint density at radius 1 is 1.16 bits per heavy atom. The average Bonchev–Trinajstić information content (AvgIpc) is 3.19. The molecule has 2 aromatic carbocycles. The molecule has 0 atom stereocenters. The molecule has 5 rings (SSSR count). The summed E-state index contributed by atoms with van der Waals surface area (Å²) < 4.78 is 5.83. The van der Waals surface area contributed by atoms with Gasteiger partial charge in [0.15, 0.2) is 0 Å². The molecule has 8 heteroatoms. The van der Waals surface area contributed by atoms with Crippen molar-refractivity contribution in [3.05, 3.63) is 76.2 Å². The SMILES string of the molecule is CCOC(=O)C1CCN(c2nc3ccc(C)cc3cc2/C=C2\SC(=S)N(CCc3ccccc3)C2=O)CC1. The number of aromatic nitrogens is 1. The maximum absolute atomic E-state index is 13.4. The van der Waals surface area contributed by atoms with Crippen molar-refractivity contribution in [3.63, 3.8) is 0 Å². The topological polar surface area (TPSA) is 62.7 Å². The number of pyridine rings is 1. The zero-order valence-corrected chi connectivity index (χ0v) is 23.3. The first-order valence-electron chi connectivity index (χ1n) is 13.0. The molecule has 3 aromatic rings. The molecule has 1 amide bonds. The van der Waals surface area contributed by atoms with Crippen LogP contribution in [-0.4, -0.2) is 52.3 Å². The Hall–Kier alpha value is -3.23. The first kappa shape index (κ1) is 26.4. The highest BCUT2D eigenvalue weighted by atomic mass is 32.2. The number of hydrogen-bond acceptors (Lipinski definition) is 7. The molecule has 0 aliphatic carbocycles. The number of rotatable bonds is 7. The smallest absolute Gasteiger partial charge is 0.309 e. The Labute approximate surface area is 233 Å². The number of amides is 1. The van der Waals surface area contributed by atoms with Crippen molar-refractivity contribution in [2.45, 2.75) is 33.1 Å². The summed E-state index contributed by atoms with van der Waals surface area (Å²) in [5, 5.41) is 1.03. The van der Waals surface area contributed by atoms with Crippen molar-refractivity contribution in [2.75, 3.05) is 31.1 Å². The zero-order chi connectivity index (χ0) is 26.6. The number of fused-ring (bicyclic) bond motifs is 1. The maximum atomic E-state index is 13.4. The second kappa shape index (κ2) is 11.7. The van der Waals surface area contributed by atoms with Gasteiger partial charge in [-0.25, -0.2) is 4.98 Å². The van der Waals surface area contributed by atoms with Crippen LogP contribution in [0.2, 0.25) is 0 Å². The first-order valence-corrected chi connectivity index (χ1v) is 14.3. The van der Waals surface area contributed by atoms with Crippen LogP contribution in [0.3, 0.4) is 0 Å². The molecule has 38 heavy (non-hydrogen) atoms. The summed E-state index contributed by atoms with van der Waals surface area (Å²) in [6.07, 6.45) is 4.11. The van der Waals surface area contributed by atoms with E-state index < -0.39 is 0 Å². The molecule has 6 nitrogen and oxygen atoms in total. The summed E-state index contributed by atoms with van der Waals surface area (Å²) in [6.45, 7) is 6.25. The molecule has 0 unspecified atom stereocenters. The number of ether oxygens (including phenoxy) is 1. The number of carbonyl (C=O) groups excluding carboxylic acids is 2. The number of benzene rings is 2. The molecule has 0 spiro atoms. The summed E-state index contributed by atoms with van der Waals surface area (Å²) in [6, 6.07) is 18.4. The number of esters is 1. The van der Waals surface area contributed by atoms with E-state index in [1.54, 1.807) is 4.90 Å². The minimum atomic E-state index is -0.117. The van der Waals surface area contributed by atoms with Crippen LogP contribution in [0, 0.1) is 12.8 Å². The summed E-state index contributed by atoms with van der Waals surface area (Å²) in [7, 11) is 0. The maximum Gasteiger partial charge on any atom is 0.309 e. The monoisotopic (exact) mass is 545 g/mol. The number of aryl methyl sites for hydroxylation is 1. The highest BCUT2D eigenvalue weighted by Crippen LogP contribution is 2.36. The molecule has 0 bridgehead atoms. The van der Waals surface area contributed by atoms with Gasteiger partial charge < -0.3 is 9.64 Å². The predicted octanol–water partition coefficient (Wildman–Crippen LogP) is 5.77. The Balaban J connectivity index is 1.42. The molecule has 2 saturated heterocycles. The van der Waals surface area contributed by atoms with Gasteiger partial charge in [-0.3, -0.25) is 14.5 Å². The Morgan fingerprint density at radius 3 is 2.66 bits per heavy atom. The number of thioether (sulfide) groups is 1. The largest absolute Gasteiger partial charge is 0.466 e. The van der Waals surface area contributed by atoms with Gasteiger partial charge >= 0.3 is 5.97 Å². The van der Waals surface area contributed by atoms with E-state index in [0.717, 1.165) is 34.3 Å². The molecule has 0 saturated carbocycles. The molecule has 2 aliphatic rings. The summed E-state index contributed by atoms with van der Waals surface area (Å²) in [5.41, 5.74) is 4.13. The molecule has 2 aliphatic heterocycles. The van der Waals surface area contributed by atoms with Crippen LogP contribution in [-0.2, 0) is 20.7 Å². The molecule has 0 N–H and O–H groups in total. The van der Waals surface area contributed by atoms with Gasteiger partial charge in [0.25, 0.3) is 5.91 Å². The van der Waals surface area contributed by atoms with Crippen molar-refractivity contribution >= 4 is 63.0 Å². The van der Waals surface area contributed by atoms with Crippen molar-refractivity contribution in [1.82, 2.24) is 9.88 Å². The molecule has 0 radical (unpaired) electrons. The quantitative estimate of drug-likeness (QED) is 0.212. The van der Waals surface area contributed by atoms with E-state index in [9.17, 15) is 9.59 Å². The van der Waals surface area contributed by atoms with Gasteiger partial charge in [-0.1, -0.05) is 65.9 Å². The Bertz CT molecular complexity index is 1400. The minimum Gasteiger partial charge on any atom is -0.466 e. The lowest BCUT2D eigenvalue weighted by Gasteiger charge is -2.32. The van der Waals surface area contributed by atoms with E-state index in [1.165, 1.54) is 17.3 Å². The lowest BCUT2D eigenvalue weighted by atomic mass is 9.96. The van der Waals surface area contributed by atoms with Crippen LogP contribution >= 0.6 is 24.0 Å². The van der Waals surface area contributed by atoms with Crippen LogP contribution in [0.5, 0.6) is 0 Å². The number of nitrogens with zero attached hydrogens (tertiary/aromatic N) is 3. The normalized spacial score (nSPS) is 17.6. The predicted molar refractivity (Wildman–Crippen MR) is 158 cm³/mol. The highest BCUT2D eigenvalue weighted by Gasteiger charge is 2.33. The van der Waals surface area contributed by atoms with Crippen LogP contribution < -0.4 is 4.90 Å². The van der Waals surface area contributed by atoms with E-state index in [0.29, 0.717) is 48.3 Å². The van der Waals surface area contributed by atoms with Gasteiger partial charge in [0.2, 0.25) is 0 Å². The second-order valence-electron chi connectivity index (χ2n) is 9.68. The molecule has 1 aromatic heterocycles. The van der Waals surface area contributed by atoms with Gasteiger partial charge in [0.1, 0.15) is 10.1 Å². The number of hydrogen-bond donors (Lipinski definition) is 0. The molecular formula is C30H31N3O3S2. The van der Waals surface area contributed by atoms with Gasteiger partial charge in [-0.05, 0) is 62.9 Å². The van der Waals surface area contributed by atoms with E-state index in [4.69, 9.17) is 21.9 Å². The number of anilines is 1. The van der Waals surface area contributed by atoms with Crippen molar-refractivity contribution in [3.8, 4) is 0 Å². The van der Waals surface area contributed by atoms with Crippen molar-refractivity contribution in [1.29, 1.82) is 0 Å². The standard InChI is InChI=1S/C30H31N3O3S2/c1-3-36-29(35)22-12-14-32(15-13-22)27-24(18-23-17-20(2)9-10-25(23)31-27)19-26-28(34)33(30(37)38-26)16-11-21-7-5-4-6-8-21/h4-10,17-19,22H,3,11-16H2,1-2H3/b26-19-. The van der Waals surface area contributed by atoms with E-state index >= 15 is 0 Å². The fraction of sp³-hybridized carbons (Fsp3) is 0.333. The van der Waals surface area contributed by atoms with Gasteiger partial charge in [-0.2, -0.15) is 0 Å². The van der Waals surface area contributed by atoms with Gasteiger partial charge in [0.05, 0.1) is 22.9 Å². The lowest BCUT2D eigenvalue weighted by Crippen LogP contribution is -2.37. The van der Waals surface area contributed by atoms with E-state index in [2.05, 4.69) is 42.2 Å². The minimum absolute atomic E-state index is 0.0627. The number of thiocarbonyl (C=S) groups is 1. The van der Waals surface area contributed by atoms with E-state index in [1.807, 2.05) is 37.3 Å². The van der Waals surface area contributed by atoms with Crippen LogP contribution in [0.15, 0.2) is 59.5 Å².